The van der Waals surface area contributed by atoms with Crippen LogP contribution in [0.5, 0.6) is 0 Å². The Labute approximate surface area is 69.0 Å². The lowest BCUT2D eigenvalue weighted by atomic mass is 10.3. The molecular weight excluding hydrogens is 152 g/mol. The molecular formula is C9H8N2O. The summed E-state index contributed by atoms with van der Waals surface area (Å²) in [5.41, 5.74) is 1.40. The van der Waals surface area contributed by atoms with Crippen molar-refractivity contribution < 1.29 is 0 Å². The van der Waals surface area contributed by atoms with Gasteiger partial charge in [-0.2, -0.15) is 5.10 Å². The zero-order valence-corrected chi connectivity index (χ0v) is 6.66. The fraction of sp³-hybridized carbons (Fsp3) is 0.111. The minimum Gasteiger partial charge on any atom is -0.287 e. The number of nitrogens with zero attached hydrogens (tertiary/aromatic N) is 1. The van der Waals surface area contributed by atoms with Crippen molar-refractivity contribution in [1.29, 1.82) is 0 Å². The van der Waals surface area contributed by atoms with Crippen molar-refractivity contribution in [3.63, 3.8) is 0 Å². The Morgan fingerprint density at radius 2 is 2.08 bits per heavy atom. The Balaban J connectivity index is 3.08. The maximum Gasteiger partial charge on any atom is 0.206 e. The first kappa shape index (κ1) is 7.03. The van der Waals surface area contributed by atoms with Crippen molar-refractivity contribution in [1.82, 2.24) is 10.2 Å². The summed E-state index contributed by atoms with van der Waals surface area (Å²) in [6, 6.07) is 6.97. The number of nitrogens with one attached hydrogen (secondary N) is 1. The van der Waals surface area contributed by atoms with E-state index in [-0.39, 0.29) is 5.43 Å². The maximum absolute atomic E-state index is 11.3. The maximum atomic E-state index is 11.3. The van der Waals surface area contributed by atoms with Crippen LogP contribution in [0, 0.1) is 6.92 Å². The zero-order valence-electron chi connectivity index (χ0n) is 6.66. The molecule has 2 aromatic rings. The molecule has 0 amide bonds. The number of aryl methyl sites for hydroxylation is 1. The number of aromatic nitrogens is 2. The molecule has 12 heavy (non-hydrogen) atoms. The van der Waals surface area contributed by atoms with Gasteiger partial charge in [0.2, 0.25) is 5.43 Å². The van der Waals surface area contributed by atoms with E-state index in [0.29, 0.717) is 5.52 Å². The van der Waals surface area contributed by atoms with Crippen LogP contribution in [0.15, 0.2) is 29.1 Å². The molecule has 0 atom stereocenters. The Morgan fingerprint density at radius 3 is 2.92 bits per heavy atom. The third-order valence-electron chi connectivity index (χ3n) is 1.85. The highest BCUT2D eigenvalue weighted by molar-refractivity contribution is 5.79. The van der Waals surface area contributed by atoms with Gasteiger partial charge in [0.05, 0.1) is 0 Å². The van der Waals surface area contributed by atoms with Gasteiger partial charge in [0.15, 0.2) is 0 Å². The van der Waals surface area contributed by atoms with Crippen LogP contribution in [0.3, 0.4) is 0 Å². The third kappa shape index (κ3) is 0.906. The third-order valence-corrected chi connectivity index (χ3v) is 1.85. The molecule has 3 heteroatoms. The SMILES string of the molecule is Cc1[nH]nc2c(=O)ccccc12. The van der Waals surface area contributed by atoms with Gasteiger partial charge in [-0.15, -0.1) is 0 Å². The van der Waals surface area contributed by atoms with Gasteiger partial charge in [0.1, 0.15) is 5.52 Å². The molecule has 1 heterocycles. The van der Waals surface area contributed by atoms with Crippen LogP contribution in [-0.2, 0) is 0 Å². The van der Waals surface area contributed by atoms with Crippen LogP contribution in [0.4, 0.5) is 0 Å². The Morgan fingerprint density at radius 1 is 1.33 bits per heavy atom. The van der Waals surface area contributed by atoms with E-state index in [9.17, 15) is 4.79 Å². The molecule has 1 N–H and O–H groups in total. The van der Waals surface area contributed by atoms with E-state index in [1.807, 2.05) is 19.1 Å². The van der Waals surface area contributed by atoms with E-state index < -0.39 is 0 Å². The fourth-order valence-corrected chi connectivity index (χ4v) is 1.20. The average molecular weight is 160 g/mol. The standard InChI is InChI=1S/C9H8N2O/c1-6-7-4-2-3-5-8(12)9(7)11-10-6/h2-5H,1H3,(H,10,11). The van der Waals surface area contributed by atoms with Crippen LogP contribution in [0.2, 0.25) is 0 Å². The lowest BCUT2D eigenvalue weighted by Gasteiger charge is -1.78. The molecule has 0 bridgehead atoms. The van der Waals surface area contributed by atoms with E-state index in [2.05, 4.69) is 10.2 Å². The average Bonchev–Trinajstić information content (AvgIpc) is 2.30. The van der Waals surface area contributed by atoms with Gasteiger partial charge < -0.3 is 0 Å². The first-order valence-corrected chi connectivity index (χ1v) is 3.73. The van der Waals surface area contributed by atoms with Gasteiger partial charge in [-0.1, -0.05) is 18.2 Å². The molecule has 0 saturated carbocycles. The monoisotopic (exact) mass is 160 g/mol. The van der Waals surface area contributed by atoms with Gasteiger partial charge in [0.25, 0.3) is 0 Å². The minimum absolute atomic E-state index is 0.0423. The predicted octanol–water partition coefficient (Wildman–Crippen LogP) is 1.23. The molecule has 60 valence electrons. The summed E-state index contributed by atoms with van der Waals surface area (Å²) in [5.74, 6) is 0. The van der Waals surface area contributed by atoms with Crippen LogP contribution in [0.25, 0.3) is 10.9 Å². The number of rotatable bonds is 0. The van der Waals surface area contributed by atoms with E-state index in [1.165, 1.54) is 6.07 Å². The Bertz CT molecular complexity index is 473. The van der Waals surface area contributed by atoms with Gasteiger partial charge in [-0.05, 0) is 13.0 Å². The van der Waals surface area contributed by atoms with E-state index in [0.717, 1.165) is 11.1 Å². The highest BCUT2D eigenvalue weighted by atomic mass is 16.1. The second-order valence-electron chi connectivity index (χ2n) is 2.69. The van der Waals surface area contributed by atoms with Gasteiger partial charge in [-0.25, -0.2) is 0 Å². The van der Waals surface area contributed by atoms with Crippen molar-refractivity contribution in [3.8, 4) is 0 Å². The number of hydrogen-bond donors (Lipinski definition) is 1. The second-order valence-corrected chi connectivity index (χ2v) is 2.69. The molecule has 0 spiro atoms. The van der Waals surface area contributed by atoms with E-state index in [1.54, 1.807) is 6.07 Å². The lowest BCUT2D eigenvalue weighted by Crippen LogP contribution is -1.94. The number of aromatic amines is 1. The summed E-state index contributed by atoms with van der Waals surface area (Å²) < 4.78 is 0. The highest BCUT2D eigenvalue weighted by Gasteiger charge is 2.00. The summed E-state index contributed by atoms with van der Waals surface area (Å²) in [5, 5.41) is 7.60. The van der Waals surface area contributed by atoms with Gasteiger partial charge in [-0.3, -0.25) is 9.89 Å². The van der Waals surface area contributed by atoms with E-state index >= 15 is 0 Å². The summed E-state index contributed by atoms with van der Waals surface area (Å²) in [6.07, 6.45) is 0. The number of H-pyrrole nitrogens is 1. The second kappa shape index (κ2) is 2.44. The van der Waals surface area contributed by atoms with Crippen LogP contribution >= 0.6 is 0 Å². The number of hydrogen-bond acceptors (Lipinski definition) is 2. The largest absolute Gasteiger partial charge is 0.287 e. The van der Waals surface area contributed by atoms with Crippen LogP contribution < -0.4 is 5.43 Å². The molecule has 0 saturated heterocycles. The van der Waals surface area contributed by atoms with Crippen molar-refractivity contribution in [2.24, 2.45) is 0 Å². The lowest BCUT2D eigenvalue weighted by molar-refractivity contribution is 1.06. The van der Waals surface area contributed by atoms with Crippen molar-refractivity contribution in [3.05, 3.63) is 40.2 Å². The number of fused-ring (bicyclic) bond motifs is 1. The predicted molar refractivity (Wildman–Crippen MR) is 47.1 cm³/mol. The molecule has 1 aromatic heterocycles. The normalized spacial score (nSPS) is 10.4. The molecule has 0 aliphatic heterocycles. The summed E-state index contributed by atoms with van der Waals surface area (Å²) in [6.45, 7) is 1.90. The van der Waals surface area contributed by atoms with Crippen molar-refractivity contribution >= 4 is 10.9 Å². The molecule has 2 rings (SSSR count). The Hall–Kier alpha value is -1.64. The smallest absolute Gasteiger partial charge is 0.206 e. The highest BCUT2D eigenvalue weighted by Crippen LogP contribution is 2.08. The zero-order chi connectivity index (χ0) is 8.55. The minimum atomic E-state index is -0.0423. The molecule has 1 aromatic carbocycles. The Kier molecular flexibility index (Phi) is 1.43. The topological polar surface area (TPSA) is 45.8 Å². The first-order chi connectivity index (χ1) is 5.79. The van der Waals surface area contributed by atoms with Crippen LogP contribution in [0.1, 0.15) is 5.69 Å². The first-order valence-electron chi connectivity index (χ1n) is 3.73. The molecule has 0 aliphatic rings. The van der Waals surface area contributed by atoms with Gasteiger partial charge in [0, 0.05) is 11.1 Å². The molecule has 3 nitrogen and oxygen atoms in total. The fourth-order valence-electron chi connectivity index (χ4n) is 1.20. The quantitative estimate of drug-likeness (QED) is 0.630. The molecule has 0 fully saturated rings. The summed E-state index contributed by atoms with van der Waals surface area (Å²) in [7, 11) is 0. The van der Waals surface area contributed by atoms with Gasteiger partial charge >= 0.3 is 0 Å². The van der Waals surface area contributed by atoms with Crippen LogP contribution in [-0.4, -0.2) is 10.2 Å². The van der Waals surface area contributed by atoms with E-state index in [4.69, 9.17) is 0 Å². The summed E-state index contributed by atoms with van der Waals surface area (Å²) in [4.78, 5) is 11.3. The molecule has 0 aliphatic carbocycles. The van der Waals surface area contributed by atoms with Crippen molar-refractivity contribution in [2.45, 2.75) is 6.92 Å². The molecule has 0 unspecified atom stereocenters. The summed E-state index contributed by atoms with van der Waals surface area (Å²) >= 11 is 0. The van der Waals surface area contributed by atoms with Crippen molar-refractivity contribution in [2.75, 3.05) is 0 Å². The molecule has 0 radical (unpaired) electrons.